The molecule has 1 aliphatic rings. The third-order valence-corrected chi connectivity index (χ3v) is 8.12. The summed E-state index contributed by atoms with van der Waals surface area (Å²) in [4.78, 5) is 35.9. The van der Waals surface area contributed by atoms with E-state index < -0.39 is 14.2 Å². The number of carboxylic acid groups (broad SMARTS) is 1. The van der Waals surface area contributed by atoms with E-state index in [1.807, 2.05) is 16.8 Å². The van der Waals surface area contributed by atoms with Crippen molar-refractivity contribution in [3.63, 3.8) is 0 Å². The van der Waals surface area contributed by atoms with Gasteiger partial charge in [-0.1, -0.05) is 19.6 Å². The maximum atomic E-state index is 12.4. The number of hydrogen-bond donors (Lipinski definition) is 2. The number of nitrogens with zero attached hydrogens (tertiary/aromatic N) is 5. The molecule has 12 heteroatoms. The Morgan fingerprint density at radius 2 is 2.11 bits per heavy atom. The van der Waals surface area contributed by atoms with Gasteiger partial charge >= 0.3 is 6.09 Å². The number of anilines is 1. The zero-order valence-electron chi connectivity index (χ0n) is 22.2. The lowest BCUT2D eigenvalue weighted by atomic mass is 10.0. The molecule has 37 heavy (non-hydrogen) atoms. The first-order valence-corrected chi connectivity index (χ1v) is 16.2. The van der Waals surface area contributed by atoms with Gasteiger partial charge in [-0.3, -0.25) is 4.79 Å². The summed E-state index contributed by atoms with van der Waals surface area (Å²) in [6.45, 7) is 8.93. The third kappa shape index (κ3) is 6.31. The smallest absolute Gasteiger partial charge is 0.407 e. The molecule has 200 valence electrons. The summed E-state index contributed by atoms with van der Waals surface area (Å²) < 4.78 is 13.6. The van der Waals surface area contributed by atoms with Crippen LogP contribution in [0, 0.1) is 0 Å². The minimum atomic E-state index is -1.19. The highest BCUT2D eigenvalue weighted by molar-refractivity contribution is 6.76. The van der Waals surface area contributed by atoms with Gasteiger partial charge < -0.3 is 33.9 Å². The van der Waals surface area contributed by atoms with Gasteiger partial charge in [-0.25, -0.2) is 14.8 Å². The van der Waals surface area contributed by atoms with Crippen LogP contribution in [0.5, 0.6) is 0 Å². The first-order chi connectivity index (χ1) is 17.5. The van der Waals surface area contributed by atoms with E-state index in [4.69, 9.17) is 9.15 Å². The Kier molecular flexibility index (Phi) is 7.88. The molecule has 2 N–H and O–H groups in total. The van der Waals surface area contributed by atoms with Crippen molar-refractivity contribution in [1.82, 2.24) is 24.3 Å². The first-order valence-electron chi connectivity index (χ1n) is 12.5. The molecule has 3 aromatic heterocycles. The molecule has 0 saturated carbocycles. The predicted molar refractivity (Wildman–Crippen MR) is 144 cm³/mol. The van der Waals surface area contributed by atoms with Crippen molar-refractivity contribution < 1.29 is 23.8 Å². The number of likely N-dealkylation sites (tertiary alicyclic amines) is 1. The molecule has 0 bridgehead atoms. The number of pyridine rings is 1. The van der Waals surface area contributed by atoms with Gasteiger partial charge in [0.15, 0.2) is 5.69 Å². The van der Waals surface area contributed by atoms with E-state index in [1.165, 1.54) is 16.1 Å². The van der Waals surface area contributed by atoms with Crippen LogP contribution in [-0.4, -0.2) is 89.3 Å². The van der Waals surface area contributed by atoms with E-state index in [2.05, 4.69) is 34.9 Å². The minimum Gasteiger partial charge on any atom is -0.465 e. The van der Waals surface area contributed by atoms with Crippen LogP contribution in [0.4, 0.5) is 10.5 Å². The van der Waals surface area contributed by atoms with Crippen molar-refractivity contribution in [1.29, 1.82) is 0 Å². The normalized spacial score (nSPS) is 16.2. The van der Waals surface area contributed by atoms with Crippen molar-refractivity contribution in [2.45, 2.75) is 51.3 Å². The average Bonchev–Trinajstić information content (AvgIpc) is 3.49. The monoisotopic (exact) mass is 528 g/mol. The predicted octanol–water partition coefficient (Wildman–Crippen LogP) is 4.26. The molecule has 3 aromatic rings. The molecule has 2 amide bonds. The number of carbonyl (C=O) groups is 2. The molecule has 11 nitrogen and oxygen atoms in total. The number of hydrogen-bond acceptors (Lipinski definition) is 7. The largest absolute Gasteiger partial charge is 0.465 e. The Labute approximate surface area is 217 Å². The van der Waals surface area contributed by atoms with Gasteiger partial charge in [-0.05, 0) is 25.0 Å². The van der Waals surface area contributed by atoms with Gasteiger partial charge in [0, 0.05) is 65.7 Å². The molecule has 1 saturated heterocycles. The van der Waals surface area contributed by atoms with Gasteiger partial charge in [-0.2, -0.15) is 0 Å². The second kappa shape index (κ2) is 10.9. The SMILES string of the molecule is CN(C)C(=O)c1coc(-c2cnc3c(ccn3COCC[Si](C)(C)C)c2N[C@@H]2CCCN(C(=O)O)C2)n1. The fourth-order valence-electron chi connectivity index (χ4n) is 4.30. The molecule has 4 rings (SSSR count). The summed E-state index contributed by atoms with van der Waals surface area (Å²) in [6.07, 6.45) is 5.62. The molecule has 0 radical (unpaired) electrons. The quantitative estimate of drug-likeness (QED) is 0.312. The highest BCUT2D eigenvalue weighted by Crippen LogP contribution is 2.35. The number of ether oxygens (including phenoxy) is 1. The molecule has 0 spiro atoms. The van der Waals surface area contributed by atoms with Gasteiger partial charge in [0.25, 0.3) is 5.91 Å². The summed E-state index contributed by atoms with van der Waals surface area (Å²) in [7, 11) is 2.12. The maximum absolute atomic E-state index is 12.4. The van der Waals surface area contributed by atoms with Crippen molar-refractivity contribution in [2.75, 3.05) is 39.1 Å². The Morgan fingerprint density at radius 1 is 1.32 bits per heavy atom. The van der Waals surface area contributed by atoms with Gasteiger partial charge in [0.1, 0.15) is 18.6 Å². The second-order valence-electron chi connectivity index (χ2n) is 10.9. The van der Waals surface area contributed by atoms with Crippen molar-refractivity contribution in [2.24, 2.45) is 0 Å². The standard InChI is InChI=1S/C25H36N6O5Si/c1-29(2)24(32)20-15-36-23(28-20)19-13-26-22-18(8-10-31(22)16-35-11-12-37(3,4)5)21(19)27-17-7-6-9-30(14-17)25(33)34/h8,10,13,15,17H,6-7,9,11-12,14,16H2,1-5H3,(H,26,27)(H,33,34)/t17-/m1/s1. The molecule has 1 atom stereocenters. The number of aromatic nitrogens is 3. The average molecular weight is 529 g/mol. The Bertz CT molecular complexity index is 1260. The number of fused-ring (bicyclic) bond motifs is 1. The van der Waals surface area contributed by atoms with E-state index in [0.717, 1.165) is 35.6 Å². The number of rotatable bonds is 9. The molecule has 0 aliphatic carbocycles. The zero-order valence-corrected chi connectivity index (χ0v) is 23.2. The molecule has 1 fully saturated rings. The molecule has 4 heterocycles. The molecule has 0 aromatic carbocycles. The summed E-state index contributed by atoms with van der Waals surface area (Å²) in [5.74, 6) is 0.0108. The number of nitrogens with one attached hydrogen (secondary N) is 1. The summed E-state index contributed by atoms with van der Waals surface area (Å²) >= 11 is 0. The van der Waals surface area contributed by atoms with Crippen LogP contribution in [0.2, 0.25) is 25.7 Å². The van der Waals surface area contributed by atoms with Crippen LogP contribution in [-0.2, 0) is 11.5 Å². The van der Waals surface area contributed by atoms with E-state index in [1.54, 1.807) is 20.3 Å². The van der Waals surface area contributed by atoms with Crippen molar-refractivity contribution in [3.05, 3.63) is 30.4 Å². The first kappa shape index (κ1) is 26.7. The lowest BCUT2D eigenvalue weighted by Crippen LogP contribution is -2.44. The molecule has 1 aliphatic heterocycles. The Hall–Kier alpha value is -3.38. The van der Waals surface area contributed by atoms with Crippen LogP contribution in [0.1, 0.15) is 23.3 Å². The van der Waals surface area contributed by atoms with Crippen LogP contribution in [0.25, 0.3) is 22.5 Å². The Balaban J connectivity index is 1.67. The molecular formula is C25H36N6O5Si. The van der Waals surface area contributed by atoms with Crippen LogP contribution in [0.3, 0.4) is 0 Å². The summed E-state index contributed by atoms with van der Waals surface area (Å²) in [5, 5.41) is 13.9. The highest BCUT2D eigenvalue weighted by atomic mass is 28.3. The zero-order chi connectivity index (χ0) is 26.7. The van der Waals surface area contributed by atoms with Crippen molar-refractivity contribution in [3.8, 4) is 11.5 Å². The number of oxazole rings is 1. The van der Waals surface area contributed by atoms with Gasteiger partial charge in [0.05, 0.1) is 11.3 Å². The van der Waals surface area contributed by atoms with E-state index in [9.17, 15) is 14.7 Å². The lowest BCUT2D eigenvalue weighted by Gasteiger charge is -2.32. The minimum absolute atomic E-state index is 0.0941. The maximum Gasteiger partial charge on any atom is 0.407 e. The Morgan fingerprint density at radius 3 is 2.81 bits per heavy atom. The number of piperidine rings is 1. The van der Waals surface area contributed by atoms with E-state index in [0.29, 0.717) is 32.0 Å². The second-order valence-corrected chi connectivity index (χ2v) is 16.5. The van der Waals surface area contributed by atoms with Crippen LogP contribution >= 0.6 is 0 Å². The highest BCUT2D eigenvalue weighted by Gasteiger charge is 2.26. The van der Waals surface area contributed by atoms with Gasteiger partial charge in [-0.15, -0.1) is 0 Å². The summed E-state index contributed by atoms with van der Waals surface area (Å²) in [5.41, 5.74) is 2.29. The summed E-state index contributed by atoms with van der Waals surface area (Å²) in [6, 6.07) is 2.95. The van der Waals surface area contributed by atoms with Crippen LogP contribution < -0.4 is 5.32 Å². The van der Waals surface area contributed by atoms with Gasteiger partial charge in [0.2, 0.25) is 5.89 Å². The lowest BCUT2D eigenvalue weighted by molar-refractivity contribution is 0.0821. The van der Waals surface area contributed by atoms with E-state index in [-0.39, 0.29) is 23.5 Å². The number of carbonyl (C=O) groups excluding carboxylic acids is 1. The van der Waals surface area contributed by atoms with Crippen molar-refractivity contribution >= 4 is 36.8 Å². The van der Waals surface area contributed by atoms with Crippen LogP contribution in [0.15, 0.2) is 29.1 Å². The third-order valence-electron chi connectivity index (χ3n) is 6.42. The topological polar surface area (TPSA) is 126 Å². The molecule has 0 unspecified atom stereocenters. The fourth-order valence-corrected chi connectivity index (χ4v) is 5.06. The molecular weight excluding hydrogens is 492 g/mol. The fraction of sp³-hybridized carbons (Fsp3) is 0.520. The number of amides is 2. The van der Waals surface area contributed by atoms with E-state index >= 15 is 0 Å².